The molecule has 0 fully saturated rings. The van der Waals surface area contributed by atoms with Crippen LogP contribution in [0, 0.1) is 5.92 Å². The number of carbonyl (C=O) groups excluding carboxylic acids is 2. The first-order valence-electron chi connectivity index (χ1n) is 7.59. The largest absolute Gasteiger partial charge is 0.501 e. The Hall–Kier alpha value is -2.10. The number of rotatable bonds is 6. The number of likely N-dealkylation sites (N-methyl/N-ethyl adjacent to an activating group) is 1. The summed E-state index contributed by atoms with van der Waals surface area (Å²) in [7, 11) is -2.93. The van der Waals surface area contributed by atoms with E-state index < -0.39 is 38.2 Å². The van der Waals surface area contributed by atoms with Crippen molar-refractivity contribution in [2.75, 3.05) is 14.2 Å². The van der Waals surface area contributed by atoms with Crippen LogP contribution in [0.2, 0.25) is 0 Å². The molecule has 0 aromatic heterocycles. The fourth-order valence-electron chi connectivity index (χ4n) is 2.25. The standard InChI is InChI=1S/C16H20F3NO5S/c1-10(2)9-13(15(22)25-4)20(3)14(21)11-5-7-12(8-6-11)26(23,24)16(17,18)19/h5-8,10,13H,9H2,1-4H3/t13-/m0/s1. The van der Waals surface area contributed by atoms with E-state index in [0.717, 1.165) is 17.0 Å². The average molecular weight is 395 g/mol. The van der Waals surface area contributed by atoms with Crippen LogP contribution in [-0.4, -0.2) is 50.9 Å². The van der Waals surface area contributed by atoms with Crippen LogP contribution >= 0.6 is 0 Å². The van der Waals surface area contributed by atoms with Crippen molar-refractivity contribution in [2.45, 2.75) is 36.7 Å². The molecule has 0 heterocycles. The van der Waals surface area contributed by atoms with E-state index in [2.05, 4.69) is 4.74 Å². The van der Waals surface area contributed by atoms with E-state index in [-0.39, 0.29) is 11.5 Å². The molecule has 0 N–H and O–H groups in total. The Morgan fingerprint density at radius 2 is 1.65 bits per heavy atom. The van der Waals surface area contributed by atoms with Gasteiger partial charge >= 0.3 is 11.5 Å². The van der Waals surface area contributed by atoms with Crippen molar-refractivity contribution in [3.63, 3.8) is 0 Å². The third-order valence-electron chi connectivity index (χ3n) is 3.67. The summed E-state index contributed by atoms with van der Waals surface area (Å²) in [6.07, 6.45) is 0.329. The highest BCUT2D eigenvalue weighted by Gasteiger charge is 2.46. The lowest BCUT2D eigenvalue weighted by Gasteiger charge is -2.27. The average Bonchev–Trinajstić information content (AvgIpc) is 2.56. The zero-order chi connectivity index (χ0) is 20.3. The first-order valence-corrected chi connectivity index (χ1v) is 9.07. The number of hydrogen-bond donors (Lipinski definition) is 0. The second-order valence-electron chi connectivity index (χ2n) is 6.06. The number of halogens is 3. The van der Waals surface area contributed by atoms with Gasteiger partial charge in [-0.05, 0) is 36.6 Å². The minimum Gasteiger partial charge on any atom is -0.467 e. The van der Waals surface area contributed by atoms with E-state index in [0.29, 0.717) is 18.6 Å². The molecule has 1 aromatic carbocycles. The maximum absolute atomic E-state index is 12.5. The Morgan fingerprint density at radius 1 is 1.15 bits per heavy atom. The molecule has 0 aliphatic carbocycles. The molecule has 10 heteroatoms. The number of carbonyl (C=O) groups is 2. The third-order valence-corrected chi connectivity index (χ3v) is 5.17. The van der Waals surface area contributed by atoms with Crippen LogP contribution in [0.15, 0.2) is 29.2 Å². The molecule has 0 aliphatic heterocycles. The van der Waals surface area contributed by atoms with Crippen LogP contribution in [0.4, 0.5) is 13.2 Å². The first-order chi connectivity index (χ1) is 11.8. The molecule has 0 unspecified atom stereocenters. The Kier molecular flexibility index (Phi) is 6.81. The van der Waals surface area contributed by atoms with Gasteiger partial charge < -0.3 is 9.64 Å². The lowest BCUT2D eigenvalue weighted by molar-refractivity contribution is -0.146. The van der Waals surface area contributed by atoms with Crippen LogP contribution in [0.5, 0.6) is 0 Å². The summed E-state index contributed by atoms with van der Waals surface area (Å²) in [4.78, 5) is 24.6. The molecular formula is C16H20F3NO5S. The van der Waals surface area contributed by atoms with Gasteiger partial charge in [-0.3, -0.25) is 4.79 Å². The van der Waals surface area contributed by atoms with Crippen molar-refractivity contribution in [3.8, 4) is 0 Å². The molecule has 1 aromatic rings. The zero-order valence-corrected chi connectivity index (χ0v) is 15.5. The van der Waals surface area contributed by atoms with Crippen molar-refractivity contribution in [2.24, 2.45) is 5.92 Å². The minimum atomic E-state index is -5.49. The molecule has 6 nitrogen and oxygen atoms in total. The summed E-state index contributed by atoms with van der Waals surface area (Å²) in [5.74, 6) is -1.18. The number of ether oxygens (including phenoxy) is 1. The third kappa shape index (κ3) is 4.75. The second-order valence-corrected chi connectivity index (χ2v) is 8.00. The van der Waals surface area contributed by atoms with E-state index in [1.165, 1.54) is 14.2 Å². The van der Waals surface area contributed by atoms with E-state index in [1.54, 1.807) is 0 Å². The number of alkyl halides is 3. The molecule has 0 aliphatic rings. The summed E-state index contributed by atoms with van der Waals surface area (Å²) in [5, 5.41) is 0. The number of esters is 1. The fourth-order valence-corrected chi connectivity index (χ4v) is 3.01. The molecule has 0 radical (unpaired) electrons. The van der Waals surface area contributed by atoms with Gasteiger partial charge in [-0.2, -0.15) is 13.2 Å². The molecule has 0 saturated carbocycles. The summed E-state index contributed by atoms with van der Waals surface area (Å²) in [6.45, 7) is 3.70. The lowest BCUT2D eigenvalue weighted by Crippen LogP contribution is -2.43. The van der Waals surface area contributed by atoms with Gasteiger partial charge in [0.25, 0.3) is 15.7 Å². The minimum absolute atomic E-state index is 0.0497. The van der Waals surface area contributed by atoms with Gasteiger partial charge in [0.05, 0.1) is 12.0 Å². The summed E-state index contributed by atoms with van der Waals surface area (Å²) in [5.41, 5.74) is -5.48. The van der Waals surface area contributed by atoms with Crippen molar-refractivity contribution < 1.29 is 35.9 Å². The topological polar surface area (TPSA) is 80.8 Å². The highest BCUT2D eigenvalue weighted by atomic mass is 32.2. The van der Waals surface area contributed by atoms with Crippen molar-refractivity contribution >= 4 is 21.7 Å². The number of sulfone groups is 1. The molecule has 1 rings (SSSR count). The molecule has 146 valence electrons. The predicted octanol–water partition coefficient (Wildman–Crippen LogP) is 2.64. The van der Waals surface area contributed by atoms with Gasteiger partial charge in [-0.25, -0.2) is 13.2 Å². The van der Waals surface area contributed by atoms with E-state index >= 15 is 0 Å². The molecule has 1 amide bonds. The highest BCUT2D eigenvalue weighted by Crippen LogP contribution is 2.30. The van der Waals surface area contributed by atoms with Gasteiger partial charge in [-0.15, -0.1) is 0 Å². The molecule has 26 heavy (non-hydrogen) atoms. The molecular weight excluding hydrogens is 375 g/mol. The summed E-state index contributed by atoms with van der Waals surface area (Å²) >= 11 is 0. The Bertz CT molecular complexity index is 757. The van der Waals surface area contributed by atoms with Crippen LogP contribution in [0.25, 0.3) is 0 Å². The van der Waals surface area contributed by atoms with Crippen molar-refractivity contribution in [1.29, 1.82) is 0 Å². The molecule has 0 saturated heterocycles. The van der Waals surface area contributed by atoms with Crippen LogP contribution in [-0.2, 0) is 19.4 Å². The monoisotopic (exact) mass is 395 g/mol. The highest BCUT2D eigenvalue weighted by molar-refractivity contribution is 7.92. The predicted molar refractivity (Wildman–Crippen MR) is 87.0 cm³/mol. The number of amides is 1. The number of benzene rings is 1. The quantitative estimate of drug-likeness (QED) is 0.692. The van der Waals surface area contributed by atoms with Gasteiger partial charge in [0.15, 0.2) is 0 Å². The van der Waals surface area contributed by atoms with Gasteiger partial charge in [0, 0.05) is 12.6 Å². The summed E-state index contributed by atoms with van der Waals surface area (Å²) < 4.78 is 65.0. The van der Waals surface area contributed by atoms with Gasteiger partial charge in [-0.1, -0.05) is 13.8 Å². The molecule has 0 spiro atoms. The maximum atomic E-state index is 12.5. The van der Waals surface area contributed by atoms with E-state index in [1.807, 2.05) is 13.8 Å². The van der Waals surface area contributed by atoms with E-state index in [4.69, 9.17) is 0 Å². The Labute approximate surface area is 149 Å². The number of nitrogens with zero attached hydrogens (tertiary/aromatic N) is 1. The van der Waals surface area contributed by atoms with Crippen LogP contribution in [0.3, 0.4) is 0 Å². The first kappa shape index (κ1) is 21.9. The fraction of sp³-hybridized carbons (Fsp3) is 0.500. The maximum Gasteiger partial charge on any atom is 0.501 e. The second kappa shape index (κ2) is 8.07. The Morgan fingerprint density at radius 3 is 2.04 bits per heavy atom. The normalized spacial score (nSPS) is 13.4. The Balaban J connectivity index is 3.12. The van der Waals surface area contributed by atoms with Crippen molar-refractivity contribution in [3.05, 3.63) is 29.8 Å². The number of hydrogen-bond acceptors (Lipinski definition) is 5. The lowest BCUT2D eigenvalue weighted by atomic mass is 10.0. The van der Waals surface area contributed by atoms with Crippen LogP contribution < -0.4 is 0 Å². The van der Waals surface area contributed by atoms with Crippen molar-refractivity contribution in [1.82, 2.24) is 4.90 Å². The number of methoxy groups -OCH3 is 1. The molecule has 1 atom stereocenters. The van der Waals surface area contributed by atoms with Gasteiger partial charge in [0.2, 0.25) is 0 Å². The SMILES string of the molecule is COC(=O)[C@H](CC(C)C)N(C)C(=O)c1ccc(S(=O)(=O)C(F)(F)F)cc1. The molecule has 0 bridgehead atoms. The smallest absolute Gasteiger partial charge is 0.467 e. The van der Waals surface area contributed by atoms with Gasteiger partial charge in [0.1, 0.15) is 6.04 Å². The zero-order valence-electron chi connectivity index (χ0n) is 14.7. The van der Waals surface area contributed by atoms with E-state index in [9.17, 15) is 31.2 Å². The van der Waals surface area contributed by atoms with Crippen LogP contribution in [0.1, 0.15) is 30.6 Å². The summed E-state index contributed by atoms with van der Waals surface area (Å²) in [6, 6.07) is 2.49.